The van der Waals surface area contributed by atoms with E-state index in [1.54, 1.807) is 4.90 Å². The molecule has 1 amide bonds. The first-order valence-electron chi connectivity index (χ1n) is 6.16. The second-order valence-electron chi connectivity index (χ2n) is 4.85. The van der Waals surface area contributed by atoms with Crippen molar-refractivity contribution in [3.05, 3.63) is 23.5 Å². The molecule has 3 rings (SSSR count). The number of nitrogens with zero attached hydrogens (tertiary/aromatic N) is 1. The maximum atomic E-state index is 14.2. The van der Waals surface area contributed by atoms with Gasteiger partial charge in [-0.25, -0.2) is 4.39 Å². The normalized spacial score (nSPS) is 24.8. The molecular formula is C13H15FN2O3. The fourth-order valence-electron chi connectivity index (χ4n) is 2.75. The largest absolute Gasteiger partial charge is 0.492 e. The second kappa shape index (κ2) is 4.38. The smallest absolute Gasteiger partial charge is 0.257 e. The van der Waals surface area contributed by atoms with E-state index in [0.29, 0.717) is 13.2 Å². The molecule has 2 aliphatic rings. The van der Waals surface area contributed by atoms with Crippen LogP contribution < -0.4 is 10.5 Å². The number of ether oxygens (including phenoxy) is 2. The lowest BCUT2D eigenvalue weighted by Gasteiger charge is -2.27. The number of fused-ring (bicyclic) bond motifs is 2. The van der Waals surface area contributed by atoms with Gasteiger partial charge in [-0.1, -0.05) is 0 Å². The van der Waals surface area contributed by atoms with E-state index in [-0.39, 0.29) is 35.1 Å². The summed E-state index contributed by atoms with van der Waals surface area (Å²) in [4.78, 5) is 14.0. The lowest BCUT2D eigenvalue weighted by atomic mass is 10.1. The molecule has 6 heteroatoms. The number of amides is 1. The van der Waals surface area contributed by atoms with Gasteiger partial charge in [0.05, 0.1) is 37.1 Å². The van der Waals surface area contributed by atoms with Crippen molar-refractivity contribution in [1.29, 1.82) is 0 Å². The number of benzene rings is 1. The van der Waals surface area contributed by atoms with Gasteiger partial charge in [0, 0.05) is 6.54 Å². The van der Waals surface area contributed by atoms with Crippen molar-refractivity contribution in [2.24, 2.45) is 0 Å². The van der Waals surface area contributed by atoms with Crippen LogP contribution in [0.5, 0.6) is 5.75 Å². The van der Waals surface area contributed by atoms with E-state index in [2.05, 4.69) is 0 Å². The Morgan fingerprint density at radius 3 is 2.95 bits per heavy atom. The molecule has 0 radical (unpaired) electrons. The van der Waals surface area contributed by atoms with E-state index in [1.165, 1.54) is 19.2 Å². The van der Waals surface area contributed by atoms with Crippen LogP contribution in [0.2, 0.25) is 0 Å². The Morgan fingerprint density at radius 2 is 2.37 bits per heavy atom. The maximum Gasteiger partial charge on any atom is 0.257 e. The van der Waals surface area contributed by atoms with Crippen molar-refractivity contribution in [3.8, 4) is 5.75 Å². The van der Waals surface area contributed by atoms with E-state index >= 15 is 0 Å². The zero-order valence-electron chi connectivity index (χ0n) is 10.6. The molecular weight excluding hydrogens is 251 g/mol. The Bertz CT molecular complexity index is 535. The van der Waals surface area contributed by atoms with Gasteiger partial charge in [-0.15, -0.1) is 0 Å². The number of nitrogen functional groups attached to an aromatic ring is 1. The Hall–Kier alpha value is -1.82. The highest BCUT2D eigenvalue weighted by Crippen LogP contribution is 2.32. The first-order chi connectivity index (χ1) is 9.11. The lowest BCUT2D eigenvalue weighted by Crippen LogP contribution is -2.41. The van der Waals surface area contributed by atoms with Crippen LogP contribution in [0.25, 0.3) is 0 Å². The van der Waals surface area contributed by atoms with Gasteiger partial charge in [0.2, 0.25) is 0 Å². The van der Waals surface area contributed by atoms with Gasteiger partial charge in [0.1, 0.15) is 0 Å². The number of anilines is 1. The first kappa shape index (κ1) is 12.2. The second-order valence-corrected chi connectivity index (χ2v) is 4.85. The Labute approximate surface area is 110 Å². The molecule has 2 bridgehead atoms. The van der Waals surface area contributed by atoms with Crippen LogP contribution in [0.15, 0.2) is 12.1 Å². The topological polar surface area (TPSA) is 64.8 Å². The molecule has 2 saturated heterocycles. The van der Waals surface area contributed by atoms with Crippen molar-refractivity contribution in [2.45, 2.75) is 18.6 Å². The molecule has 0 aliphatic carbocycles. The third kappa shape index (κ3) is 1.83. The van der Waals surface area contributed by atoms with Crippen molar-refractivity contribution >= 4 is 11.6 Å². The van der Waals surface area contributed by atoms with Crippen molar-refractivity contribution in [2.75, 3.05) is 26.0 Å². The average molecular weight is 266 g/mol. The minimum Gasteiger partial charge on any atom is -0.492 e. The molecule has 2 aliphatic heterocycles. The molecule has 0 aromatic heterocycles. The molecule has 1 aromatic carbocycles. The number of carbonyl (C=O) groups is 1. The number of likely N-dealkylation sites (tertiary alicyclic amines) is 1. The van der Waals surface area contributed by atoms with Crippen LogP contribution >= 0.6 is 0 Å². The van der Waals surface area contributed by atoms with Gasteiger partial charge in [0.25, 0.3) is 5.91 Å². The Balaban J connectivity index is 1.92. The van der Waals surface area contributed by atoms with Crippen LogP contribution in [-0.4, -0.2) is 43.2 Å². The number of rotatable bonds is 2. The number of carbonyl (C=O) groups excluding carboxylic acids is 1. The quantitative estimate of drug-likeness (QED) is 0.812. The fraction of sp³-hybridized carbons (Fsp3) is 0.462. The number of morpholine rings is 1. The third-order valence-electron chi connectivity index (χ3n) is 3.72. The van der Waals surface area contributed by atoms with E-state index in [1.807, 2.05) is 0 Å². The summed E-state index contributed by atoms with van der Waals surface area (Å²) in [5.41, 5.74) is 5.79. The summed E-state index contributed by atoms with van der Waals surface area (Å²) in [6.07, 6.45) is 0.923. The highest BCUT2D eigenvalue weighted by Gasteiger charge is 2.42. The standard InChI is InChI=1S/C13H15FN2O3/c1-18-12-10(15)3-2-9(11(12)14)13(17)16-5-8-4-7(16)6-19-8/h2-3,7-8H,4-6,15H2,1H3/t7-,8-/m0/s1. The van der Waals surface area contributed by atoms with E-state index in [0.717, 1.165) is 6.42 Å². The van der Waals surface area contributed by atoms with Crippen LogP contribution in [0.4, 0.5) is 10.1 Å². The third-order valence-corrected chi connectivity index (χ3v) is 3.72. The minimum atomic E-state index is -0.698. The van der Waals surface area contributed by atoms with Crippen LogP contribution in [0, 0.1) is 5.82 Å². The number of methoxy groups -OCH3 is 1. The van der Waals surface area contributed by atoms with E-state index in [9.17, 15) is 9.18 Å². The number of nitrogens with two attached hydrogens (primary N) is 1. The minimum absolute atomic E-state index is 0.00130. The molecule has 0 unspecified atom stereocenters. The fourth-order valence-corrected chi connectivity index (χ4v) is 2.75. The molecule has 2 heterocycles. The summed E-state index contributed by atoms with van der Waals surface area (Å²) in [5, 5.41) is 0. The van der Waals surface area contributed by atoms with Crippen molar-refractivity contribution in [1.82, 2.24) is 4.90 Å². The Kier molecular flexibility index (Phi) is 2.82. The van der Waals surface area contributed by atoms with Crippen molar-refractivity contribution < 1.29 is 18.7 Å². The first-order valence-corrected chi connectivity index (χ1v) is 6.16. The number of hydrogen-bond acceptors (Lipinski definition) is 4. The predicted molar refractivity (Wildman–Crippen MR) is 66.5 cm³/mol. The summed E-state index contributed by atoms with van der Waals surface area (Å²) in [6, 6.07) is 2.95. The number of hydrogen-bond donors (Lipinski definition) is 1. The van der Waals surface area contributed by atoms with Crippen LogP contribution in [-0.2, 0) is 4.74 Å². The van der Waals surface area contributed by atoms with E-state index in [4.69, 9.17) is 15.2 Å². The maximum absolute atomic E-state index is 14.2. The van der Waals surface area contributed by atoms with Gasteiger partial charge >= 0.3 is 0 Å². The lowest BCUT2D eigenvalue weighted by molar-refractivity contribution is 0.0256. The SMILES string of the molecule is COc1c(N)ccc(C(=O)N2C[C@@H]3C[C@H]2CO3)c1F. The summed E-state index contributed by atoms with van der Waals surface area (Å²) < 4.78 is 24.5. The molecule has 19 heavy (non-hydrogen) atoms. The predicted octanol–water partition coefficient (Wildman–Crippen LogP) is 1.03. The molecule has 0 saturated carbocycles. The average Bonchev–Trinajstić information content (AvgIpc) is 3.01. The van der Waals surface area contributed by atoms with Crippen LogP contribution in [0.1, 0.15) is 16.8 Å². The molecule has 102 valence electrons. The van der Waals surface area contributed by atoms with Crippen molar-refractivity contribution in [3.63, 3.8) is 0 Å². The summed E-state index contributed by atoms with van der Waals surface area (Å²) in [5.74, 6) is -1.10. The summed E-state index contributed by atoms with van der Waals surface area (Å²) in [6.45, 7) is 1.06. The molecule has 2 N–H and O–H groups in total. The molecule has 0 spiro atoms. The van der Waals surface area contributed by atoms with Gasteiger partial charge < -0.3 is 20.1 Å². The highest BCUT2D eigenvalue weighted by atomic mass is 19.1. The van der Waals surface area contributed by atoms with Gasteiger partial charge in [-0.3, -0.25) is 4.79 Å². The van der Waals surface area contributed by atoms with Crippen LogP contribution in [0.3, 0.4) is 0 Å². The van der Waals surface area contributed by atoms with Gasteiger partial charge in [0.15, 0.2) is 11.6 Å². The van der Waals surface area contributed by atoms with E-state index < -0.39 is 5.82 Å². The molecule has 1 aromatic rings. The zero-order valence-corrected chi connectivity index (χ0v) is 10.6. The van der Waals surface area contributed by atoms with Gasteiger partial charge in [-0.05, 0) is 18.6 Å². The molecule has 2 atom stereocenters. The zero-order chi connectivity index (χ0) is 13.6. The Morgan fingerprint density at radius 1 is 1.58 bits per heavy atom. The summed E-state index contributed by atoms with van der Waals surface area (Å²) >= 11 is 0. The summed E-state index contributed by atoms with van der Waals surface area (Å²) in [7, 11) is 1.33. The molecule has 2 fully saturated rings. The molecule has 5 nitrogen and oxygen atoms in total. The monoisotopic (exact) mass is 266 g/mol. The number of halogens is 1. The highest BCUT2D eigenvalue weighted by molar-refractivity contribution is 5.96. The van der Waals surface area contributed by atoms with Gasteiger partial charge in [-0.2, -0.15) is 0 Å².